The van der Waals surface area contributed by atoms with Crippen LogP contribution in [0.25, 0.3) is 0 Å². The average Bonchev–Trinajstić information content (AvgIpc) is 2.79. The lowest BCUT2D eigenvalue weighted by Gasteiger charge is -2.08. The van der Waals surface area contributed by atoms with Gasteiger partial charge in [-0.15, -0.1) is 11.3 Å². The van der Waals surface area contributed by atoms with Crippen LogP contribution >= 0.6 is 11.3 Å². The number of nitrogens with one attached hydrogen (secondary N) is 1. The van der Waals surface area contributed by atoms with E-state index in [2.05, 4.69) is 21.8 Å². The molecule has 3 N–H and O–H groups in total. The lowest BCUT2D eigenvalue weighted by Crippen LogP contribution is -2.06. The number of nitriles is 1. The highest BCUT2D eigenvalue weighted by atomic mass is 32.1. The van der Waals surface area contributed by atoms with E-state index in [-0.39, 0.29) is 0 Å². The van der Waals surface area contributed by atoms with Crippen LogP contribution in [0.1, 0.15) is 16.3 Å². The van der Waals surface area contributed by atoms with Crippen LogP contribution in [0.4, 0.5) is 11.4 Å². The second-order valence-corrected chi connectivity index (χ2v) is 5.35. The minimum Gasteiger partial charge on any atom is -0.398 e. The van der Waals surface area contributed by atoms with Crippen LogP contribution in [0.15, 0.2) is 23.6 Å². The van der Waals surface area contributed by atoms with Crippen LogP contribution in [0.2, 0.25) is 0 Å². The summed E-state index contributed by atoms with van der Waals surface area (Å²) < 4.78 is 0. The number of nitrogens with two attached hydrogens (primary N) is 1. The smallest absolute Gasteiger partial charge is 0.0897 e. The fraction of sp³-hybridized carbons (Fsp3) is 0.286. The Bertz CT molecular complexity index is 598. The number of hydrogen-bond acceptors (Lipinski definition) is 5. The van der Waals surface area contributed by atoms with E-state index in [4.69, 9.17) is 11.0 Å². The molecule has 0 saturated carbocycles. The molecular weight excluding hydrogens is 256 g/mol. The molecule has 0 bridgehead atoms. The van der Waals surface area contributed by atoms with Crippen molar-refractivity contribution in [2.75, 3.05) is 17.6 Å². The van der Waals surface area contributed by atoms with Gasteiger partial charge in [0.15, 0.2) is 0 Å². The van der Waals surface area contributed by atoms with Gasteiger partial charge in [0.2, 0.25) is 0 Å². The predicted octanol–water partition coefficient (Wildman–Crippen LogP) is 2.75. The van der Waals surface area contributed by atoms with Crippen molar-refractivity contribution in [3.8, 4) is 6.07 Å². The Kier molecular flexibility index (Phi) is 4.37. The molecule has 0 radical (unpaired) electrons. The van der Waals surface area contributed by atoms with Gasteiger partial charge in [-0.1, -0.05) is 0 Å². The second-order valence-electron chi connectivity index (χ2n) is 4.28. The summed E-state index contributed by atoms with van der Waals surface area (Å²) in [6.07, 6.45) is 1.23. The van der Waals surface area contributed by atoms with Gasteiger partial charge < -0.3 is 11.1 Å². The van der Waals surface area contributed by atoms with Gasteiger partial charge in [0.1, 0.15) is 0 Å². The molecule has 0 spiro atoms. The van der Waals surface area contributed by atoms with Gasteiger partial charge in [-0.2, -0.15) is 5.26 Å². The van der Waals surface area contributed by atoms with Crippen molar-refractivity contribution < 1.29 is 0 Å². The van der Waals surface area contributed by atoms with E-state index >= 15 is 0 Å². The number of aromatic nitrogens is 1. The molecule has 0 unspecified atom stereocenters. The molecule has 0 saturated heterocycles. The van der Waals surface area contributed by atoms with Crippen LogP contribution in [0.3, 0.4) is 0 Å². The summed E-state index contributed by atoms with van der Waals surface area (Å²) in [5.41, 5.74) is 9.46. The number of thiazole rings is 1. The van der Waals surface area contributed by atoms with Crippen LogP contribution < -0.4 is 11.1 Å². The number of hydrogen-bond donors (Lipinski definition) is 2. The first kappa shape index (κ1) is 13.4. The molecule has 0 aliphatic rings. The Labute approximate surface area is 116 Å². The van der Waals surface area contributed by atoms with E-state index in [0.29, 0.717) is 12.1 Å². The molecule has 0 atom stereocenters. The Hall–Kier alpha value is -2.06. The maximum absolute atomic E-state index is 8.73. The summed E-state index contributed by atoms with van der Waals surface area (Å²) in [5.74, 6) is 0. The van der Waals surface area contributed by atoms with Crippen molar-refractivity contribution in [3.63, 3.8) is 0 Å². The molecule has 19 heavy (non-hydrogen) atoms. The highest BCUT2D eigenvalue weighted by Crippen LogP contribution is 2.18. The van der Waals surface area contributed by atoms with Crippen molar-refractivity contribution in [2.24, 2.45) is 0 Å². The standard InChI is InChI=1S/C14H16N4S/c1-10-18-13(9-19-10)5-7-17-12-2-3-14(16)11(8-12)4-6-15/h2-3,8-9,17H,4-5,7,16H2,1H3. The minimum atomic E-state index is 0.340. The van der Waals surface area contributed by atoms with Gasteiger partial charge in [-0.25, -0.2) is 4.98 Å². The monoisotopic (exact) mass is 272 g/mol. The number of rotatable bonds is 5. The van der Waals surface area contributed by atoms with E-state index in [9.17, 15) is 0 Å². The van der Waals surface area contributed by atoms with Gasteiger partial charge >= 0.3 is 0 Å². The highest BCUT2D eigenvalue weighted by molar-refractivity contribution is 7.09. The zero-order chi connectivity index (χ0) is 13.7. The molecule has 1 aromatic carbocycles. The third-order valence-electron chi connectivity index (χ3n) is 2.79. The zero-order valence-corrected chi connectivity index (χ0v) is 11.6. The maximum atomic E-state index is 8.73. The van der Waals surface area contributed by atoms with Gasteiger partial charge in [0.05, 0.1) is 23.2 Å². The Morgan fingerprint density at radius 1 is 1.47 bits per heavy atom. The molecule has 4 nitrogen and oxygen atoms in total. The normalized spacial score (nSPS) is 10.1. The third kappa shape index (κ3) is 3.70. The second kappa shape index (κ2) is 6.21. The summed E-state index contributed by atoms with van der Waals surface area (Å²) in [5, 5.41) is 15.2. The Morgan fingerprint density at radius 3 is 3.00 bits per heavy atom. The SMILES string of the molecule is Cc1nc(CCNc2ccc(N)c(CC#N)c2)cs1. The number of nitrogen functional groups attached to an aromatic ring is 1. The summed E-state index contributed by atoms with van der Waals surface area (Å²) in [7, 11) is 0. The predicted molar refractivity (Wildman–Crippen MR) is 79.2 cm³/mol. The molecular formula is C14H16N4S. The van der Waals surface area contributed by atoms with E-state index < -0.39 is 0 Å². The lowest BCUT2D eigenvalue weighted by atomic mass is 10.1. The molecule has 0 aliphatic heterocycles. The molecule has 98 valence electrons. The van der Waals surface area contributed by atoms with Crippen LogP contribution in [-0.4, -0.2) is 11.5 Å². The molecule has 5 heteroatoms. The van der Waals surface area contributed by atoms with E-state index in [1.807, 2.05) is 25.1 Å². The van der Waals surface area contributed by atoms with Crippen molar-refractivity contribution >= 4 is 22.7 Å². The van der Waals surface area contributed by atoms with Gasteiger partial charge in [-0.05, 0) is 30.7 Å². The van der Waals surface area contributed by atoms with Gasteiger partial charge in [-0.3, -0.25) is 0 Å². The highest BCUT2D eigenvalue weighted by Gasteiger charge is 2.02. The third-order valence-corrected chi connectivity index (χ3v) is 3.61. The van der Waals surface area contributed by atoms with Gasteiger partial charge in [0, 0.05) is 29.7 Å². The largest absolute Gasteiger partial charge is 0.398 e. The molecule has 1 aromatic heterocycles. The molecule has 0 fully saturated rings. The molecule has 2 aromatic rings. The minimum absolute atomic E-state index is 0.340. The lowest BCUT2D eigenvalue weighted by molar-refractivity contribution is 0.968. The summed E-state index contributed by atoms with van der Waals surface area (Å²) in [6, 6.07) is 7.82. The number of anilines is 2. The molecule has 1 heterocycles. The topological polar surface area (TPSA) is 74.7 Å². The molecule has 0 aliphatic carbocycles. The first-order valence-corrected chi connectivity index (χ1v) is 6.97. The summed E-state index contributed by atoms with van der Waals surface area (Å²) in [6.45, 7) is 2.83. The van der Waals surface area contributed by atoms with Crippen LogP contribution in [-0.2, 0) is 12.8 Å². The molecule has 2 rings (SSSR count). The maximum Gasteiger partial charge on any atom is 0.0897 e. The van der Waals surface area contributed by atoms with E-state index in [1.54, 1.807) is 11.3 Å². The summed E-state index contributed by atoms with van der Waals surface area (Å²) >= 11 is 1.67. The fourth-order valence-electron chi connectivity index (χ4n) is 1.81. The van der Waals surface area contributed by atoms with Crippen LogP contribution in [0.5, 0.6) is 0 Å². The average molecular weight is 272 g/mol. The zero-order valence-electron chi connectivity index (χ0n) is 10.8. The van der Waals surface area contributed by atoms with Crippen molar-refractivity contribution in [1.29, 1.82) is 5.26 Å². The number of benzene rings is 1. The Morgan fingerprint density at radius 2 is 2.32 bits per heavy atom. The van der Waals surface area contributed by atoms with Crippen molar-refractivity contribution in [2.45, 2.75) is 19.8 Å². The number of nitrogens with zero attached hydrogens (tertiary/aromatic N) is 2. The first-order valence-electron chi connectivity index (χ1n) is 6.09. The van der Waals surface area contributed by atoms with E-state index in [1.165, 1.54) is 0 Å². The van der Waals surface area contributed by atoms with E-state index in [0.717, 1.165) is 34.9 Å². The number of aryl methyl sites for hydroxylation is 1. The first-order chi connectivity index (χ1) is 9.19. The molecule has 0 amide bonds. The quantitative estimate of drug-likeness (QED) is 0.821. The van der Waals surface area contributed by atoms with Crippen molar-refractivity contribution in [3.05, 3.63) is 39.8 Å². The van der Waals surface area contributed by atoms with Crippen LogP contribution in [0, 0.1) is 18.3 Å². The Balaban J connectivity index is 1.92. The fourth-order valence-corrected chi connectivity index (χ4v) is 2.46. The van der Waals surface area contributed by atoms with Gasteiger partial charge in [0.25, 0.3) is 0 Å². The summed E-state index contributed by atoms with van der Waals surface area (Å²) in [4.78, 5) is 4.42. The van der Waals surface area contributed by atoms with Crippen molar-refractivity contribution in [1.82, 2.24) is 4.98 Å².